The SMILES string of the molecule is Cn1nccc1C(=O)NCc1cn2ncc(CNC(=O)CCC(F)(F)F)cc2n1. The van der Waals surface area contributed by atoms with Crippen LogP contribution in [0.5, 0.6) is 0 Å². The summed E-state index contributed by atoms with van der Waals surface area (Å²) in [5, 5.41) is 13.2. The second-order valence-electron chi connectivity index (χ2n) is 6.31. The molecule has 0 fully saturated rings. The van der Waals surface area contributed by atoms with Crippen LogP contribution in [0.25, 0.3) is 5.65 Å². The van der Waals surface area contributed by atoms with Gasteiger partial charge in [0.05, 0.1) is 31.1 Å². The van der Waals surface area contributed by atoms with Gasteiger partial charge in [-0.1, -0.05) is 0 Å². The summed E-state index contributed by atoms with van der Waals surface area (Å²) in [5.74, 6) is -0.985. The van der Waals surface area contributed by atoms with Crippen LogP contribution in [-0.2, 0) is 24.9 Å². The Morgan fingerprint density at radius 3 is 2.66 bits per heavy atom. The number of carbonyl (C=O) groups excluding carboxylic acids is 2. The second kappa shape index (κ2) is 8.29. The van der Waals surface area contributed by atoms with E-state index in [1.807, 2.05) is 0 Å². The summed E-state index contributed by atoms with van der Waals surface area (Å²) in [5.41, 5.74) is 2.06. The normalized spacial score (nSPS) is 11.6. The molecule has 2 amide bonds. The number of nitrogens with zero attached hydrogens (tertiary/aromatic N) is 5. The number of hydrogen-bond donors (Lipinski definition) is 2. The van der Waals surface area contributed by atoms with E-state index in [0.717, 1.165) is 0 Å². The largest absolute Gasteiger partial charge is 0.389 e. The van der Waals surface area contributed by atoms with E-state index in [2.05, 4.69) is 25.8 Å². The van der Waals surface area contributed by atoms with Gasteiger partial charge in [0.15, 0.2) is 5.65 Å². The number of imidazole rings is 1. The molecule has 0 aliphatic heterocycles. The molecule has 2 N–H and O–H groups in total. The summed E-state index contributed by atoms with van der Waals surface area (Å²) in [7, 11) is 1.66. The van der Waals surface area contributed by atoms with E-state index in [1.54, 1.807) is 25.4 Å². The minimum Gasteiger partial charge on any atom is -0.352 e. The van der Waals surface area contributed by atoms with Gasteiger partial charge >= 0.3 is 6.18 Å². The van der Waals surface area contributed by atoms with Gasteiger partial charge in [-0.3, -0.25) is 14.3 Å². The number of aromatic nitrogens is 5. The molecule has 0 spiro atoms. The predicted octanol–water partition coefficient (Wildman–Crippen LogP) is 1.35. The monoisotopic (exact) mass is 409 g/mol. The maximum Gasteiger partial charge on any atom is 0.389 e. The van der Waals surface area contributed by atoms with Crippen molar-refractivity contribution in [1.82, 2.24) is 35.0 Å². The highest BCUT2D eigenvalue weighted by Gasteiger charge is 2.27. The molecule has 9 nitrogen and oxygen atoms in total. The van der Waals surface area contributed by atoms with Gasteiger partial charge in [0, 0.05) is 26.2 Å². The van der Waals surface area contributed by atoms with E-state index in [4.69, 9.17) is 0 Å². The zero-order valence-electron chi connectivity index (χ0n) is 15.4. The summed E-state index contributed by atoms with van der Waals surface area (Å²) >= 11 is 0. The first-order valence-corrected chi connectivity index (χ1v) is 8.64. The number of rotatable bonds is 7. The highest BCUT2D eigenvalue weighted by atomic mass is 19.4. The van der Waals surface area contributed by atoms with Crippen molar-refractivity contribution < 1.29 is 22.8 Å². The first kappa shape index (κ1) is 20.3. The first-order chi connectivity index (χ1) is 13.7. The number of nitrogens with one attached hydrogen (secondary N) is 2. The Morgan fingerprint density at radius 1 is 1.17 bits per heavy atom. The van der Waals surface area contributed by atoms with Gasteiger partial charge in [0.2, 0.25) is 5.91 Å². The number of halogens is 3. The number of carbonyl (C=O) groups is 2. The molecule has 29 heavy (non-hydrogen) atoms. The average molecular weight is 409 g/mol. The zero-order valence-corrected chi connectivity index (χ0v) is 15.4. The van der Waals surface area contributed by atoms with Crippen molar-refractivity contribution in [2.75, 3.05) is 0 Å². The van der Waals surface area contributed by atoms with Gasteiger partial charge in [0.25, 0.3) is 5.91 Å². The van der Waals surface area contributed by atoms with Crippen LogP contribution in [-0.4, -0.2) is 42.4 Å². The van der Waals surface area contributed by atoms with Crippen LogP contribution >= 0.6 is 0 Å². The third kappa shape index (κ3) is 5.53. The van der Waals surface area contributed by atoms with Crippen molar-refractivity contribution in [3.8, 4) is 0 Å². The van der Waals surface area contributed by atoms with Crippen molar-refractivity contribution in [2.45, 2.75) is 32.1 Å². The highest BCUT2D eigenvalue weighted by Crippen LogP contribution is 2.21. The summed E-state index contributed by atoms with van der Waals surface area (Å²) in [4.78, 5) is 27.9. The van der Waals surface area contributed by atoms with E-state index in [0.29, 0.717) is 22.6 Å². The molecule has 0 saturated carbocycles. The van der Waals surface area contributed by atoms with Crippen molar-refractivity contribution >= 4 is 17.5 Å². The standard InChI is InChI=1S/C17H18F3N7O2/c1-26-13(3-5-23-26)16(29)22-9-12-10-27-14(25-12)6-11(8-24-27)7-21-15(28)2-4-17(18,19)20/h3,5-6,8,10H,2,4,7,9H2,1H3,(H,21,28)(H,22,29). The number of amides is 2. The molecule has 3 rings (SSSR count). The van der Waals surface area contributed by atoms with E-state index in [9.17, 15) is 22.8 Å². The fraction of sp³-hybridized carbons (Fsp3) is 0.353. The van der Waals surface area contributed by atoms with Gasteiger partial charge in [-0.25, -0.2) is 9.50 Å². The number of fused-ring (bicyclic) bond motifs is 1. The molecule has 0 saturated heterocycles. The van der Waals surface area contributed by atoms with Crippen LogP contribution in [0.3, 0.4) is 0 Å². The fourth-order valence-corrected chi connectivity index (χ4v) is 2.55. The van der Waals surface area contributed by atoms with Crippen molar-refractivity contribution in [3.63, 3.8) is 0 Å². The molecule has 0 atom stereocenters. The third-order valence-corrected chi connectivity index (χ3v) is 4.04. The summed E-state index contributed by atoms with van der Waals surface area (Å²) < 4.78 is 39.4. The molecule has 0 unspecified atom stereocenters. The Labute approximate surface area is 162 Å². The maximum absolute atomic E-state index is 12.1. The van der Waals surface area contributed by atoms with E-state index in [-0.39, 0.29) is 19.0 Å². The predicted molar refractivity (Wildman–Crippen MR) is 94.5 cm³/mol. The molecule has 0 bridgehead atoms. The van der Waals surface area contributed by atoms with Gasteiger partial charge in [-0.2, -0.15) is 23.4 Å². The lowest BCUT2D eigenvalue weighted by Gasteiger charge is -2.07. The van der Waals surface area contributed by atoms with Crippen molar-refractivity contribution in [1.29, 1.82) is 0 Å². The topological polar surface area (TPSA) is 106 Å². The molecular weight excluding hydrogens is 391 g/mol. The van der Waals surface area contributed by atoms with Crippen molar-refractivity contribution in [2.24, 2.45) is 7.05 Å². The van der Waals surface area contributed by atoms with E-state index < -0.39 is 24.9 Å². The number of hydrogen-bond acceptors (Lipinski definition) is 5. The van der Waals surface area contributed by atoms with Gasteiger partial charge in [-0.15, -0.1) is 0 Å². The van der Waals surface area contributed by atoms with E-state index in [1.165, 1.54) is 21.6 Å². The zero-order chi connectivity index (χ0) is 21.0. The van der Waals surface area contributed by atoms with Crippen molar-refractivity contribution in [3.05, 3.63) is 47.7 Å². The lowest BCUT2D eigenvalue weighted by Crippen LogP contribution is -2.25. The van der Waals surface area contributed by atoms with Crippen LogP contribution in [0, 0.1) is 0 Å². The number of alkyl halides is 3. The molecule has 0 radical (unpaired) electrons. The minimum atomic E-state index is -4.36. The van der Waals surface area contributed by atoms with Crippen LogP contribution in [0.1, 0.15) is 34.6 Å². The lowest BCUT2D eigenvalue weighted by molar-refractivity contribution is -0.144. The lowest BCUT2D eigenvalue weighted by atomic mass is 10.2. The van der Waals surface area contributed by atoms with Gasteiger partial charge < -0.3 is 10.6 Å². The maximum atomic E-state index is 12.1. The molecule has 3 heterocycles. The Bertz CT molecular complexity index is 1030. The Balaban J connectivity index is 1.56. The second-order valence-corrected chi connectivity index (χ2v) is 6.31. The molecule has 0 aliphatic carbocycles. The fourth-order valence-electron chi connectivity index (χ4n) is 2.55. The van der Waals surface area contributed by atoms with Crippen LogP contribution < -0.4 is 10.6 Å². The van der Waals surface area contributed by atoms with Gasteiger partial charge in [0.1, 0.15) is 5.69 Å². The Hall–Kier alpha value is -3.44. The number of aryl methyl sites for hydroxylation is 1. The Morgan fingerprint density at radius 2 is 1.97 bits per heavy atom. The average Bonchev–Trinajstić information content (AvgIpc) is 3.27. The molecule has 12 heteroatoms. The van der Waals surface area contributed by atoms with Gasteiger partial charge in [-0.05, 0) is 17.7 Å². The summed E-state index contributed by atoms with van der Waals surface area (Å²) in [6, 6.07) is 3.25. The van der Waals surface area contributed by atoms with Crippen LogP contribution in [0.4, 0.5) is 13.2 Å². The smallest absolute Gasteiger partial charge is 0.352 e. The Kier molecular flexibility index (Phi) is 5.80. The van der Waals surface area contributed by atoms with Crippen LogP contribution in [0.2, 0.25) is 0 Å². The molecule has 0 aliphatic rings. The summed E-state index contributed by atoms with van der Waals surface area (Å²) in [6.07, 6.45) is -1.50. The third-order valence-electron chi connectivity index (χ3n) is 4.04. The van der Waals surface area contributed by atoms with Crippen LogP contribution in [0.15, 0.2) is 30.7 Å². The molecule has 154 valence electrons. The molecule has 3 aromatic rings. The highest BCUT2D eigenvalue weighted by molar-refractivity contribution is 5.92. The quantitative estimate of drug-likeness (QED) is 0.613. The minimum absolute atomic E-state index is 0.0413. The first-order valence-electron chi connectivity index (χ1n) is 8.64. The summed E-state index contributed by atoms with van der Waals surface area (Å²) in [6.45, 7) is 0.219. The molecular formula is C17H18F3N7O2. The molecule has 3 aromatic heterocycles. The van der Waals surface area contributed by atoms with E-state index >= 15 is 0 Å². The molecule has 0 aromatic carbocycles.